The van der Waals surface area contributed by atoms with E-state index in [1.54, 1.807) is 0 Å². The monoisotopic (exact) mass is 277 g/mol. The Balaban J connectivity index is 1.64. The second-order valence-corrected chi connectivity index (χ2v) is 5.42. The second kappa shape index (κ2) is 6.52. The molecule has 2 fully saturated rings. The first-order valence-corrected chi connectivity index (χ1v) is 7.44. The molecule has 3 heterocycles. The van der Waals surface area contributed by atoms with Crippen LogP contribution in [0.2, 0.25) is 0 Å². The molecule has 20 heavy (non-hydrogen) atoms. The van der Waals surface area contributed by atoms with Crippen LogP contribution in [0.1, 0.15) is 24.6 Å². The lowest BCUT2D eigenvalue weighted by Gasteiger charge is -2.39. The van der Waals surface area contributed by atoms with Gasteiger partial charge in [0.1, 0.15) is 6.10 Å². The summed E-state index contributed by atoms with van der Waals surface area (Å²) < 4.78 is 11.4. The van der Waals surface area contributed by atoms with Crippen LogP contribution in [0.25, 0.3) is 0 Å². The first kappa shape index (κ1) is 13.8. The van der Waals surface area contributed by atoms with E-state index in [0.29, 0.717) is 6.04 Å². The van der Waals surface area contributed by atoms with E-state index in [1.807, 2.05) is 13.2 Å². The lowest BCUT2D eigenvalue weighted by atomic mass is 10.0. The summed E-state index contributed by atoms with van der Waals surface area (Å²) in [7, 11) is 1.90. The van der Waals surface area contributed by atoms with Gasteiger partial charge in [0, 0.05) is 39.4 Å². The number of nitrogens with zero attached hydrogens (tertiary/aromatic N) is 2. The minimum Gasteiger partial charge on any atom is -0.387 e. The van der Waals surface area contributed by atoms with E-state index in [0.717, 1.165) is 57.1 Å². The van der Waals surface area contributed by atoms with Gasteiger partial charge in [0.05, 0.1) is 24.2 Å². The van der Waals surface area contributed by atoms with Crippen molar-refractivity contribution in [2.75, 3.05) is 45.3 Å². The van der Waals surface area contributed by atoms with Gasteiger partial charge in [0.2, 0.25) is 0 Å². The minimum absolute atomic E-state index is 0.0949. The van der Waals surface area contributed by atoms with Crippen LogP contribution < -0.4 is 5.32 Å². The Morgan fingerprint density at radius 2 is 2.10 bits per heavy atom. The molecule has 110 valence electrons. The molecule has 0 aliphatic carbocycles. The lowest BCUT2D eigenvalue weighted by Crippen LogP contribution is -2.47. The third kappa shape index (κ3) is 3.11. The van der Waals surface area contributed by atoms with Gasteiger partial charge in [-0.2, -0.15) is 0 Å². The van der Waals surface area contributed by atoms with Crippen molar-refractivity contribution in [3.05, 3.63) is 24.0 Å². The summed E-state index contributed by atoms with van der Waals surface area (Å²) in [4.78, 5) is 7.06. The Morgan fingerprint density at radius 1 is 1.25 bits per heavy atom. The first-order valence-electron chi connectivity index (χ1n) is 7.44. The van der Waals surface area contributed by atoms with E-state index < -0.39 is 0 Å². The molecule has 1 aromatic rings. The molecule has 1 N–H and O–H groups in total. The van der Waals surface area contributed by atoms with Crippen LogP contribution in [-0.4, -0.2) is 55.9 Å². The highest BCUT2D eigenvalue weighted by Gasteiger charge is 2.28. The molecule has 0 radical (unpaired) electrons. The summed E-state index contributed by atoms with van der Waals surface area (Å²) >= 11 is 0. The van der Waals surface area contributed by atoms with Gasteiger partial charge in [0.25, 0.3) is 0 Å². The summed E-state index contributed by atoms with van der Waals surface area (Å²) in [5.74, 6) is 0. The number of anilines is 1. The van der Waals surface area contributed by atoms with E-state index in [4.69, 9.17) is 9.47 Å². The van der Waals surface area contributed by atoms with Gasteiger partial charge in [-0.25, -0.2) is 0 Å². The van der Waals surface area contributed by atoms with Crippen LogP contribution in [0.3, 0.4) is 0 Å². The van der Waals surface area contributed by atoms with E-state index in [2.05, 4.69) is 27.3 Å². The van der Waals surface area contributed by atoms with Crippen LogP contribution in [-0.2, 0) is 9.47 Å². The van der Waals surface area contributed by atoms with Crippen molar-refractivity contribution in [3.8, 4) is 0 Å². The third-order valence-electron chi connectivity index (χ3n) is 4.21. The van der Waals surface area contributed by atoms with E-state index >= 15 is 0 Å². The summed E-state index contributed by atoms with van der Waals surface area (Å²) in [5, 5.41) is 3.09. The molecule has 1 unspecified atom stereocenters. The molecule has 2 aliphatic heterocycles. The fourth-order valence-corrected chi connectivity index (χ4v) is 2.97. The van der Waals surface area contributed by atoms with E-state index in [-0.39, 0.29) is 6.10 Å². The number of pyridine rings is 1. The highest BCUT2D eigenvalue weighted by molar-refractivity contribution is 5.40. The normalized spacial score (nSPS) is 25.6. The Bertz CT molecular complexity index is 418. The maximum Gasteiger partial charge on any atom is 0.112 e. The van der Waals surface area contributed by atoms with Crippen molar-refractivity contribution in [1.29, 1.82) is 0 Å². The first-order chi connectivity index (χ1) is 9.86. The lowest BCUT2D eigenvalue weighted by molar-refractivity contribution is -0.0647. The summed E-state index contributed by atoms with van der Waals surface area (Å²) in [6.07, 6.45) is 4.24. The Hall–Kier alpha value is -1.17. The molecule has 0 bridgehead atoms. The third-order valence-corrected chi connectivity index (χ3v) is 4.21. The van der Waals surface area contributed by atoms with Gasteiger partial charge in [0.15, 0.2) is 0 Å². The van der Waals surface area contributed by atoms with E-state index in [9.17, 15) is 0 Å². The smallest absolute Gasteiger partial charge is 0.112 e. The molecular formula is C15H23N3O2. The minimum atomic E-state index is 0.0949. The van der Waals surface area contributed by atoms with Crippen molar-refractivity contribution in [1.82, 2.24) is 9.88 Å². The molecule has 0 spiro atoms. The average Bonchev–Trinajstić information content (AvgIpc) is 2.56. The summed E-state index contributed by atoms with van der Waals surface area (Å²) in [5.41, 5.74) is 2.06. The zero-order valence-corrected chi connectivity index (χ0v) is 12.0. The highest BCUT2D eigenvalue weighted by Crippen LogP contribution is 2.25. The average molecular weight is 277 g/mol. The Morgan fingerprint density at radius 3 is 2.80 bits per heavy atom. The summed E-state index contributed by atoms with van der Waals surface area (Å²) in [6, 6.07) is 4.76. The molecule has 1 atom stereocenters. The maximum absolute atomic E-state index is 5.90. The number of ether oxygens (including phenoxy) is 2. The SMILES string of the molecule is CNc1ccc(C2CN(C3CCOCC3)CCO2)nc1. The van der Waals surface area contributed by atoms with Crippen molar-refractivity contribution >= 4 is 5.69 Å². The molecule has 3 rings (SSSR count). The van der Waals surface area contributed by atoms with Crippen molar-refractivity contribution < 1.29 is 9.47 Å². The van der Waals surface area contributed by atoms with Gasteiger partial charge in [-0.05, 0) is 25.0 Å². The Kier molecular flexibility index (Phi) is 4.50. The maximum atomic E-state index is 5.90. The quantitative estimate of drug-likeness (QED) is 0.911. The van der Waals surface area contributed by atoms with Gasteiger partial charge in [-0.15, -0.1) is 0 Å². The molecule has 5 heteroatoms. The predicted molar refractivity (Wildman–Crippen MR) is 77.9 cm³/mol. The fraction of sp³-hybridized carbons (Fsp3) is 0.667. The highest BCUT2D eigenvalue weighted by atomic mass is 16.5. The number of hydrogen-bond donors (Lipinski definition) is 1. The van der Waals surface area contributed by atoms with Gasteiger partial charge < -0.3 is 14.8 Å². The molecule has 0 aromatic carbocycles. The standard InChI is InChI=1S/C15H23N3O2/c1-16-12-2-3-14(17-10-12)15-11-18(6-9-20-15)13-4-7-19-8-5-13/h2-3,10,13,15-16H,4-9,11H2,1H3. The van der Waals surface area contributed by atoms with Crippen LogP contribution in [0.4, 0.5) is 5.69 Å². The number of hydrogen-bond acceptors (Lipinski definition) is 5. The van der Waals surface area contributed by atoms with Crippen LogP contribution in [0, 0.1) is 0 Å². The van der Waals surface area contributed by atoms with Gasteiger partial charge >= 0.3 is 0 Å². The number of nitrogens with one attached hydrogen (secondary N) is 1. The zero-order chi connectivity index (χ0) is 13.8. The topological polar surface area (TPSA) is 46.6 Å². The van der Waals surface area contributed by atoms with Crippen LogP contribution in [0.15, 0.2) is 18.3 Å². The molecule has 1 aromatic heterocycles. The number of rotatable bonds is 3. The van der Waals surface area contributed by atoms with Crippen LogP contribution >= 0.6 is 0 Å². The molecule has 5 nitrogen and oxygen atoms in total. The molecule has 0 saturated carbocycles. The largest absolute Gasteiger partial charge is 0.387 e. The van der Waals surface area contributed by atoms with Crippen LogP contribution in [0.5, 0.6) is 0 Å². The van der Waals surface area contributed by atoms with Crippen molar-refractivity contribution in [2.24, 2.45) is 0 Å². The number of aromatic nitrogens is 1. The van der Waals surface area contributed by atoms with Crippen molar-refractivity contribution in [2.45, 2.75) is 25.0 Å². The second-order valence-electron chi connectivity index (χ2n) is 5.42. The molecule has 2 aliphatic rings. The fourth-order valence-electron chi connectivity index (χ4n) is 2.97. The molecule has 0 amide bonds. The summed E-state index contributed by atoms with van der Waals surface area (Å²) in [6.45, 7) is 4.54. The zero-order valence-electron chi connectivity index (χ0n) is 12.0. The molecular weight excluding hydrogens is 254 g/mol. The van der Waals surface area contributed by atoms with Gasteiger partial charge in [-0.1, -0.05) is 0 Å². The predicted octanol–water partition coefficient (Wildman–Crippen LogP) is 1.68. The van der Waals surface area contributed by atoms with Crippen molar-refractivity contribution in [3.63, 3.8) is 0 Å². The Labute approximate surface area is 120 Å². The molecule has 2 saturated heterocycles. The van der Waals surface area contributed by atoms with E-state index in [1.165, 1.54) is 0 Å². The van der Waals surface area contributed by atoms with Gasteiger partial charge in [-0.3, -0.25) is 9.88 Å². The number of morpholine rings is 1.